The van der Waals surface area contributed by atoms with Crippen molar-refractivity contribution in [2.45, 2.75) is 173 Å². The van der Waals surface area contributed by atoms with Gasteiger partial charge in [0, 0.05) is 44.2 Å². The summed E-state index contributed by atoms with van der Waals surface area (Å²) in [5.41, 5.74) is 27.5. The van der Waals surface area contributed by atoms with Crippen LogP contribution in [0.15, 0.2) is 22.5 Å². The number of carbonyl (C=O) groups is 12. The zero-order valence-electron chi connectivity index (χ0n) is 47.4. The molecular formula is C49H84N18O16. The molecule has 0 aliphatic heterocycles. The molecule has 10 atom stereocenters. The Balaban J connectivity index is 3.54. The normalized spacial score (nSPS) is 14.6. The van der Waals surface area contributed by atoms with Gasteiger partial charge in [0.15, 0.2) is 11.9 Å². The van der Waals surface area contributed by atoms with Gasteiger partial charge in [-0.1, -0.05) is 27.7 Å². The molecule has 1 aromatic rings. The average molecular weight is 1180 g/mol. The van der Waals surface area contributed by atoms with Crippen LogP contribution in [0.4, 0.5) is 0 Å². The fraction of sp³-hybridized carbons (Fsp3) is 0.653. The molecule has 0 aliphatic carbocycles. The largest absolute Gasteiger partial charge is 0.481 e. The Hall–Kier alpha value is -8.69. The van der Waals surface area contributed by atoms with Crippen molar-refractivity contribution in [3.8, 4) is 0 Å². The van der Waals surface area contributed by atoms with Crippen molar-refractivity contribution in [1.82, 2.24) is 57.8 Å². The number of aromatic nitrogens is 2. The van der Waals surface area contributed by atoms with Crippen molar-refractivity contribution in [3.05, 3.63) is 18.2 Å². The molecule has 0 bridgehead atoms. The lowest BCUT2D eigenvalue weighted by Crippen LogP contribution is -2.60. The number of amides is 9. The molecule has 83 heavy (non-hydrogen) atoms. The van der Waals surface area contributed by atoms with Gasteiger partial charge in [-0.3, -0.25) is 62.7 Å². The molecule has 24 N–H and O–H groups in total. The maximum Gasteiger partial charge on any atom is 0.326 e. The number of carboxylic acids is 3. The van der Waals surface area contributed by atoms with Crippen molar-refractivity contribution in [2.24, 2.45) is 50.5 Å². The van der Waals surface area contributed by atoms with Gasteiger partial charge in [0.1, 0.15) is 54.4 Å². The number of nitrogens with one attached hydrogen (secondary N) is 10. The molecule has 0 radical (unpaired) electrons. The van der Waals surface area contributed by atoms with Gasteiger partial charge in [-0.2, -0.15) is 0 Å². The number of aliphatic carboxylic acids is 3. The molecule has 1 heterocycles. The third-order valence-corrected chi connectivity index (χ3v) is 12.0. The number of hydrogen-bond donors (Lipinski definition) is 19. The quantitative estimate of drug-likeness (QED) is 0.0165. The maximum absolute atomic E-state index is 14.2. The molecule has 1 aromatic heterocycles. The van der Waals surface area contributed by atoms with Crippen LogP contribution in [0.1, 0.15) is 111 Å². The first kappa shape index (κ1) is 72.3. The van der Waals surface area contributed by atoms with Gasteiger partial charge in [0.25, 0.3) is 0 Å². The molecule has 0 aliphatic rings. The van der Waals surface area contributed by atoms with Gasteiger partial charge in [0.05, 0.1) is 19.0 Å². The summed E-state index contributed by atoms with van der Waals surface area (Å²) in [6, 6.07) is -14.8. The van der Waals surface area contributed by atoms with Crippen LogP contribution in [0.5, 0.6) is 0 Å². The number of hydrogen-bond acceptors (Lipinski definition) is 17. The number of aliphatic hydroxyl groups is 1. The van der Waals surface area contributed by atoms with Crippen molar-refractivity contribution in [3.63, 3.8) is 0 Å². The minimum atomic E-state index is -1.81. The lowest BCUT2D eigenvalue weighted by atomic mass is 10.0. The standard InChI is InChI=1S/C49H84N18O16/c1-23(2)17-32(64-38(73)25(5)50)44(79)67-35(21-68)46(81)59-26(6)39(74)65-33(18-24(3)4)43(78)60-28(9-7-15-56-48(51)52)40(75)61-29(11-13-36(69)70)41(76)62-30(12-14-37(71)72)42(77)66-34(19-27-20-55-22-58-27)45(80)63-31(47(82)83)10-8-16-57-49(53)54/h20,22-26,28-35,68H,7-19,21,50H2,1-6H3,(H,55,58)(H,59,81)(H,60,78)(H,61,75)(H,62,76)(H,63,80)(H,64,73)(H,65,74)(H,66,77)(H,67,79)(H,69,70)(H,71,72)(H,82,83)(H4,51,52,56)(H4,53,54,57)/t25-,26-,28-,29-,30-,31-,32-,33-,34-,35-/m0/s1. The lowest BCUT2D eigenvalue weighted by Gasteiger charge is -2.28. The van der Waals surface area contributed by atoms with Gasteiger partial charge in [-0.25, -0.2) is 9.78 Å². The Bertz CT molecular complexity index is 2410. The first-order chi connectivity index (χ1) is 38.8. The Morgan fingerprint density at radius 2 is 0.855 bits per heavy atom. The summed E-state index contributed by atoms with van der Waals surface area (Å²) < 4.78 is 0. The van der Waals surface area contributed by atoms with E-state index in [0.29, 0.717) is 0 Å². The van der Waals surface area contributed by atoms with Gasteiger partial charge >= 0.3 is 17.9 Å². The molecule has 1 rings (SSSR count). The summed E-state index contributed by atoms with van der Waals surface area (Å²) in [6.45, 7) is 8.63. The van der Waals surface area contributed by atoms with Crippen molar-refractivity contribution < 1.29 is 78.0 Å². The molecule has 0 aromatic carbocycles. The van der Waals surface area contributed by atoms with Crippen LogP contribution in [0, 0.1) is 11.8 Å². The molecule has 0 saturated heterocycles. The van der Waals surface area contributed by atoms with E-state index in [2.05, 4.69) is 67.8 Å². The Morgan fingerprint density at radius 3 is 1.24 bits per heavy atom. The highest BCUT2D eigenvalue weighted by molar-refractivity contribution is 5.98. The highest BCUT2D eigenvalue weighted by Gasteiger charge is 2.36. The number of H-pyrrole nitrogens is 1. The summed E-state index contributed by atoms with van der Waals surface area (Å²) in [5.74, 6) is -14.1. The number of nitrogens with two attached hydrogens (primary N) is 5. The van der Waals surface area contributed by atoms with E-state index in [0.717, 1.165) is 0 Å². The van der Waals surface area contributed by atoms with E-state index in [1.807, 2.05) is 0 Å². The minimum Gasteiger partial charge on any atom is -0.481 e. The van der Waals surface area contributed by atoms with E-state index < -0.39 is 164 Å². The fourth-order valence-corrected chi connectivity index (χ4v) is 7.65. The number of guanidine groups is 2. The second-order valence-electron chi connectivity index (χ2n) is 20.3. The molecule has 0 spiro atoms. The summed E-state index contributed by atoms with van der Waals surface area (Å²) >= 11 is 0. The highest BCUT2D eigenvalue weighted by atomic mass is 16.4. The van der Waals surface area contributed by atoms with Crippen LogP contribution in [0.2, 0.25) is 0 Å². The van der Waals surface area contributed by atoms with Gasteiger partial charge < -0.3 is 102 Å². The molecule has 9 amide bonds. The van der Waals surface area contributed by atoms with Crippen LogP contribution in [0.25, 0.3) is 0 Å². The third-order valence-electron chi connectivity index (χ3n) is 12.0. The van der Waals surface area contributed by atoms with Crippen LogP contribution in [0.3, 0.4) is 0 Å². The summed E-state index contributed by atoms with van der Waals surface area (Å²) in [7, 11) is 0. The van der Waals surface area contributed by atoms with E-state index in [9.17, 15) is 78.0 Å². The molecule has 0 fully saturated rings. The van der Waals surface area contributed by atoms with Crippen LogP contribution in [-0.2, 0) is 64.0 Å². The summed E-state index contributed by atoms with van der Waals surface area (Å²) in [4.78, 5) is 173. The molecular weight excluding hydrogens is 1100 g/mol. The molecule has 0 saturated carbocycles. The first-order valence-electron chi connectivity index (χ1n) is 26.7. The number of rotatable bonds is 40. The second-order valence-corrected chi connectivity index (χ2v) is 20.3. The van der Waals surface area contributed by atoms with Crippen molar-refractivity contribution >= 4 is 83.0 Å². The predicted molar refractivity (Wildman–Crippen MR) is 296 cm³/mol. The SMILES string of the molecule is CC(C)C[C@H](NC(=O)[C@H](C)N)C(=O)N[C@@H](CO)C(=O)N[C@@H](C)C(=O)N[C@@H](CC(C)C)C(=O)N[C@@H](CCCN=C(N)N)C(=O)N[C@@H](CCC(=O)O)C(=O)N[C@@H](CCC(=O)O)C(=O)N[C@@H](Cc1cnc[nH]1)C(=O)N[C@@H](CCCN=C(N)N)C(=O)O. The second kappa shape index (κ2) is 37.3. The average Bonchev–Trinajstić information content (AvgIpc) is 3.97. The van der Waals surface area contributed by atoms with E-state index in [4.69, 9.17) is 28.7 Å². The number of imidazole rings is 1. The van der Waals surface area contributed by atoms with Gasteiger partial charge in [-0.15, -0.1) is 0 Å². The number of carbonyl (C=O) groups excluding carboxylic acids is 9. The monoisotopic (exact) mass is 1180 g/mol. The first-order valence-corrected chi connectivity index (χ1v) is 26.7. The molecule has 0 unspecified atom stereocenters. The Morgan fingerprint density at radius 1 is 0.494 bits per heavy atom. The zero-order chi connectivity index (χ0) is 63.1. The number of aliphatic hydroxyl groups excluding tert-OH is 1. The van der Waals surface area contributed by atoms with E-state index in [-0.39, 0.29) is 87.5 Å². The topological polar surface area (TPSA) is 578 Å². The van der Waals surface area contributed by atoms with E-state index in [1.54, 1.807) is 27.7 Å². The number of aliphatic imine (C=N–C) groups is 2. The lowest BCUT2D eigenvalue weighted by molar-refractivity contribution is -0.142. The summed E-state index contributed by atoms with van der Waals surface area (Å²) in [6.07, 6.45) is -0.757. The number of nitrogens with zero attached hydrogens (tertiary/aromatic N) is 3. The van der Waals surface area contributed by atoms with Crippen LogP contribution >= 0.6 is 0 Å². The molecule has 466 valence electrons. The highest BCUT2D eigenvalue weighted by Crippen LogP contribution is 2.12. The fourth-order valence-electron chi connectivity index (χ4n) is 7.65. The van der Waals surface area contributed by atoms with Crippen LogP contribution in [-0.4, -0.2) is 194 Å². The van der Waals surface area contributed by atoms with Crippen molar-refractivity contribution in [1.29, 1.82) is 0 Å². The van der Waals surface area contributed by atoms with Gasteiger partial charge in [0.2, 0.25) is 53.2 Å². The molecule has 34 heteroatoms. The van der Waals surface area contributed by atoms with E-state index >= 15 is 0 Å². The zero-order valence-corrected chi connectivity index (χ0v) is 47.4. The van der Waals surface area contributed by atoms with Gasteiger partial charge in [-0.05, 0) is 77.0 Å². The number of aromatic amines is 1. The Kier molecular flexibility index (Phi) is 32.5. The van der Waals surface area contributed by atoms with E-state index in [1.165, 1.54) is 26.4 Å². The third kappa shape index (κ3) is 29.6. The minimum absolute atomic E-state index is 0.00171. The van der Waals surface area contributed by atoms with Crippen molar-refractivity contribution in [2.75, 3.05) is 19.7 Å². The predicted octanol–water partition coefficient (Wildman–Crippen LogP) is -6.31. The maximum atomic E-state index is 14.2. The summed E-state index contributed by atoms with van der Waals surface area (Å²) in [5, 5.41) is 60.8. The number of carboxylic acid groups (broad SMARTS) is 3. The Labute approximate surface area is 478 Å². The smallest absolute Gasteiger partial charge is 0.326 e. The van der Waals surface area contributed by atoms with Crippen LogP contribution < -0.4 is 76.5 Å². The molecule has 34 nitrogen and oxygen atoms in total.